The molecule has 0 fully saturated rings. The standard InChI is InChI=1S/C21H23N3O2S2/c22-20(26)19-13-7-1-3-9-15(13)28-21(19)24-17(25)11-5-6-12-18-23-14-8-2-4-10-16(14)27-18/h2,4,8,10H,1,3,5-7,9,11-12H2,(H2,22,26)(H,24,25). The number of aryl methyl sites for hydroxylation is 2. The SMILES string of the molecule is NC(=O)c1c(NC(=O)CCCCc2nc3ccccc3s2)sc2c1CCCC2. The molecule has 0 radical (unpaired) electrons. The molecule has 3 N–H and O–H groups in total. The largest absolute Gasteiger partial charge is 0.365 e. The van der Waals surface area contributed by atoms with Gasteiger partial charge in [-0.15, -0.1) is 22.7 Å². The van der Waals surface area contributed by atoms with Crippen LogP contribution in [0.4, 0.5) is 5.00 Å². The lowest BCUT2D eigenvalue weighted by Crippen LogP contribution is -2.18. The summed E-state index contributed by atoms with van der Waals surface area (Å²) in [5.74, 6) is -0.490. The van der Waals surface area contributed by atoms with Crippen LogP contribution in [0.15, 0.2) is 24.3 Å². The molecule has 0 bridgehead atoms. The third-order valence-corrected chi connectivity index (χ3v) is 7.36. The van der Waals surface area contributed by atoms with Crippen LogP contribution in [0.2, 0.25) is 0 Å². The van der Waals surface area contributed by atoms with E-state index in [4.69, 9.17) is 5.73 Å². The van der Waals surface area contributed by atoms with Crippen LogP contribution >= 0.6 is 22.7 Å². The van der Waals surface area contributed by atoms with E-state index in [-0.39, 0.29) is 5.91 Å². The zero-order valence-corrected chi connectivity index (χ0v) is 17.3. The van der Waals surface area contributed by atoms with Gasteiger partial charge in [0.1, 0.15) is 5.00 Å². The number of nitrogens with two attached hydrogens (primary N) is 1. The maximum atomic E-state index is 12.4. The Bertz CT molecular complexity index is 989. The summed E-state index contributed by atoms with van der Waals surface area (Å²) in [4.78, 5) is 30.1. The van der Waals surface area contributed by atoms with Crippen molar-refractivity contribution in [2.45, 2.75) is 51.4 Å². The molecule has 2 aromatic heterocycles. The highest BCUT2D eigenvalue weighted by Crippen LogP contribution is 2.38. The van der Waals surface area contributed by atoms with Gasteiger partial charge in [-0.1, -0.05) is 12.1 Å². The summed E-state index contributed by atoms with van der Waals surface area (Å²) in [6.07, 6.45) is 7.07. The number of carbonyl (C=O) groups excluding carboxylic acids is 2. The minimum absolute atomic E-state index is 0.0506. The van der Waals surface area contributed by atoms with E-state index in [9.17, 15) is 9.59 Å². The third-order valence-electron chi connectivity index (χ3n) is 5.05. The van der Waals surface area contributed by atoms with Crippen molar-refractivity contribution in [3.63, 3.8) is 0 Å². The van der Waals surface area contributed by atoms with Gasteiger partial charge >= 0.3 is 0 Å². The number of carbonyl (C=O) groups is 2. The summed E-state index contributed by atoms with van der Waals surface area (Å²) in [6.45, 7) is 0. The molecular formula is C21H23N3O2S2. The summed E-state index contributed by atoms with van der Waals surface area (Å²) in [5.41, 5.74) is 8.21. The van der Waals surface area contributed by atoms with Crippen molar-refractivity contribution < 1.29 is 9.59 Å². The Morgan fingerprint density at radius 2 is 1.93 bits per heavy atom. The number of fused-ring (bicyclic) bond motifs is 2. The molecule has 0 unspecified atom stereocenters. The topological polar surface area (TPSA) is 85.1 Å². The number of benzene rings is 1. The fraction of sp³-hybridized carbons (Fsp3) is 0.381. The molecule has 0 saturated heterocycles. The molecule has 1 aliphatic rings. The fourth-order valence-electron chi connectivity index (χ4n) is 3.69. The molecule has 7 heteroatoms. The highest BCUT2D eigenvalue weighted by atomic mass is 32.1. The first-order valence-corrected chi connectivity index (χ1v) is 11.3. The number of aromatic nitrogens is 1. The van der Waals surface area contributed by atoms with Crippen LogP contribution < -0.4 is 11.1 Å². The zero-order valence-electron chi connectivity index (χ0n) is 15.6. The predicted molar refractivity (Wildman–Crippen MR) is 115 cm³/mol. The smallest absolute Gasteiger partial charge is 0.251 e. The van der Waals surface area contributed by atoms with Gasteiger partial charge in [0.05, 0.1) is 20.8 Å². The van der Waals surface area contributed by atoms with Crippen LogP contribution in [0.3, 0.4) is 0 Å². The predicted octanol–water partition coefficient (Wildman–Crippen LogP) is 4.69. The summed E-state index contributed by atoms with van der Waals surface area (Å²) in [7, 11) is 0. The Kier molecular flexibility index (Phi) is 5.73. The number of nitrogens with zero attached hydrogens (tertiary/aromatic N) is 1. The number of thiophene rings is 1. The number of thiazole rings is 1. The molecule has 0 spiro atoms. The van der Waals surface area contributed by atoms with Gasteiger partial charge in [-0.2, -0.15) is 0 Å². The van der Waals surface area contributed by atoms with E-state index in [0.717, 1.165) is 61.0 Å². The Hall–Kier alpha value is -2.25. The Morgan fingerprint density at radius 1 is 1.11 bits per heavy atom. The maximum absolute atomic E-state index is 12.4. The van der Waals surface area contributed by atoms with E-state index >= 15 is 0 Å². The van der Waals surface area contributed by atoms with Gasteiger partial charge in [-0.05, 0) is 62.6 Å². The first-order valence-electron chi connectivity index (χ1n) is 9.70. The van der Waals surface area contributed by atoms with E-state index in [1.54, 1.807) is 11.3 Å². The van der Waals surface area contributed by atoms with Gasteiger partial charge in [0.15, 0.2) is 0 Å². The number of amides is 2. The number of nitrogens with one attached hydrogen (secondary N) is 1. The molecule has 0 atom stereocenters. The first kappa shape index (κ1) is 19.1. The highest BCUT2D eigenvalue weighted by molar-refractivity contribution is 7.18. The minimum Gasteiger partial charge on any atom is -0.365 e. The zero-order chi connectivity index (χ0) is 19.5. The molecule has 3 aromatic rings. The van der Waals surface area contributed by atoms with E-state index in [1.807, 2.05) is 18.2 Å². The van der Waals surface area contributed by atoms with Gasteiger partial charge in [0.2, 0.25) is 5.91 Å². The Balaban J connectivity index is 1.31. The fourth-order valence-corrected chi connectivity index (χ4v) is 6.01. The normalized spacial score (nSPS) is 13.4. The van der Waals surface area contributed by atoms with Crippen molar-refractivity contribution in [3.05, 3.63) is 45.3 Å². The Morgan fingerprint density at radius 3 is 2.75 bits per heavy atom. The molecule has 4 rings (SSSR count). The molecule has 0 saturated carbocycles. The van der Waals surface area contributed by atoms with Crippen LogP contribution in [0.25, 0.3) is 10.2 Å². The molecule has 28 heavy (non-hydrogen) atoms. The first-order chi connectivity index (χ1) is 13.6. The van der Waals surface area contributed by atoms with Gasteiger partial charge in [0.25, 0.3) is 5.91 Å². The van der Waals surface area contributed by atoms with Crippen molar-refractivity contribution in [2.24, 2.45) is 5.73 Å². The number of para-hydroxylation sites is 1. The lowest BCUT2D eigenvalue weighted by atomic mass is 9.95. The molecule has 5 nitrogen and oxygen atoms in total. The number of hydrogen-bond donors (Lipinski definition) is 2. The lowest BCUT2D eigenvalue weighted by molar-refractivity contribution is -0.116. The molecule has 2 amide bonds. The molecule has 1 aliphatic carbocycles. The van der Waals surface area contributed by atoms with Crippen molar-refractivity contribution in [1.29, 1.82) is 0 Å². The van der Waals surface area contributed by atoms with E-state index in [2.05, 4.69) is 16.4 Å². The Labute approximate surface area is 172 Å². The van der Waals surface area contributed by atoms with E-state index in [1.165, 1.54) is 20.9 Å². The maximum Gasteiger partial charge on any atom is 0.251 e. The number of rotatable bonds is 7. The molecule has 1 aromatic carbocycles. The van der Waals surface area contributed by atoms with Crippen LogP contribution in [-0.4, -0.2) is 16.8 Å². The summed E-state index contributed by atoms with van der Waals surface area (Å²) >= 11 is 3.23. The summed E-state index contributed by atoms with van der Waals surface area (Å²) in [5, 5.41) is 4.68. The third kappa shape index (κ3) is 4.10. The van der Waals surface area contributed by atoms with Crippen molar-refractivity contribution >= 4 is 49.7 Å². The second-order valence-electron chi connectivity index (χ2n) is 7.11. The number of anilines is 1. The van der Waals surface area contributed by atoms with Crippen molar-refractivity contribution in [1.82, 2.24) is 4.98 Å². The quantitative estimate of drug-likeness (QED) is 0.551. The highest BCUT2D eigenvalue weighted by Gasteiger charge is 2.24. The second kappa shape index (κ2) is 8.41. The van der Waals surface area contributed by atoms with Crippen molar-refractivity contribution in [3.8, 4) is 0 Å². The number of hydrogen-bond acceptors (Lipinski definition) is 5. The van der Waals surface area contributed by atoms with E-state index < -0.39 is 5.91 Å². The van der Waals surface area contributed by atoms with E-state index in [0.29, 0.717) is 17.0 Å². The lowest BCUT2D eigenvalue weighted by Gasteiger charge is -2.11. The summed E-state index contributed by atoms with van der Waals surface area (Å²) in [6, 6.07) is 8.14. The van der Waals surface area contributed by atoms with Crippen molar-refractivity contribution in [2.75, 3.05) is 5.32 Å². The van der Waals surface area contributed by atoms with Gasteiger partial charge < -0.3 is 11.1 Å². The van der Waals surface area contributed by atoms with Gasteiger partial charge in [-0.25, -0.2) is 4.98 Å². The van der Waals surface area contributed by atoms with Crippen LogP contribution in [0.5, 0.6) is 0 Å². The summed E-state index contributed by atoms with van der Waals surface area (Å²) < 4.78 is 1.20. The second-order valence-corrected chi connectivity index (χ2v) is 9.33. The van der Waals surface area contributed by atoms with Crippen LogP contribution in [0, 0.1) is 0 Å². The van der Waals surface area contributed by atoms with Gasteiger partial charge in [-0.3, -0.25) is 9.59 Å². The average molecular weight is 414 g/mol. The minimum atomic E-state index is -0.439. The molecule has 2 heterocycles. The molecular weight excluding hydrogens is 390 g/mol. The monoisotopic (exact) mass is 413 g/mol. The van der Waals surface area contributed by atoms with Gasteiger partial charge in [0, 0.05) is 11.3 Å². The number of unbranched alkanes of at least 4 members (excludes halogenated alkanes) is 1. The van der Waals surface area contributed by atoms with Crippen LogP contribution in [0.1, 0.15) is 57.9 Å². The molecule has 146 valence electrons. The average Bonchev–Trinajstić information content (AvgIpc) is 3.25. The molecule has 0 aliphatic heterocycles. The number of primary amides is 1. The van der Waals surface area contributed by atoms with Crippen LogP contribution in [-0.2, 0) is 24.1 Å².